The molecule has 9 heteroatoms. The maximum Gasteiger partial charge on any atom is 0.295 e. The third-order valence-electron chi connectivity index (χ3n) is 6.29. The number of carbonyl (C=O) groups excluding carboxylic acids is 2. The van der Waals surface area contributed by atoms with Gasteiger partial charge in [0.25, 0.3) is 11.7 Å². The van der Waals surface area contributed by atoms with E-state index in [2.05, 4.69) is 4.98 Å². The van der Waals surface area contributed by atoms with E-state index in [1.807, 2.05) is 13.0 Å². The van der Waals surface area contributed by atoms with Crippen LogP contribution in [0.25, 0.3) is 5.76 Å². The Morgan fingerprint density at radius 2 is 1.62 bits per heavy atom. The maximum atomic E-state index is 13.4. The van der Waals surface area contributed by atoms with Crippen LogP contribution in [0.15, 0.2) is 60.4 Å². The average Bonchev–Trinajstić information content (AvgIpc) is 3.17. The molecule has 0 unspecified atom stereocenters. The van der Waals surface area contributed by atoms with Gasteiger partial charge in [0.15, 0.2) is 11.5 Å². The van der Waals surface area contributed by atoms with E-state index < -0.39 is 17.7 Å². The first-order chi connectivity index (χ1) is 17.8. The predicted molar refractivity (Wildman–Crippen MR) is 136 cm³/mol. The summed E-state index contributed by atoms with van der Waals surface area (Å²) in [4.78, 5) is 32.3. The lowest BCUT2D eigenvalue weighted by atomic mass is 9.94. The van der Waals surface area contributed by atoms with Crippen LogP contribution in [0.3, 0.4) is 0 Å². The van der Waals surface area contributed by atoms with Crippen LogP contribution in [-0.2, 0) is 16.1 Å². The third kappa shape index (κ3) is 4.67. The van der Waals surface area contributed by atoms with E-state index in [9.17, 15) is 14.7 Å². The van der Waals surface area contributed by atoms with Crippen molar-refractivity contribution >= 4 is 17.4 Å². The Labute approximate surface area is 214 Å². The van der Waals surface area contributed by atoms with Crippen LogP contribution in [0, 0.1) is 6.92 Å². The smallest absolute Gasteiger partial charge is 0.295 e. The molecule has 0 saturated carbocycles. The summed E-state index contributed by atoms with van der Waals surface area (Å²) in [5.41, 5.74) is 2.33. The van der Waals surface area contributed by atoms with E-state index in [4.69, 9.17) is 18.9 Å². The molecule has 192 valence electrons. The SMILES string of the molecule is COc1ccc(C(O)=C2C(=O)C(=O)N(Cc3cccnc3)[C@@H]2c2cc(OC)c(OC)c(OC)c2)cc1C. The van der Waals surface area contributed by atoms with Gasteiger partial charge in [-0.1, -0.05) is 6.07 Å². The first-order valence-corrected chi connectivity index (χ1v) is 11.5. The van der Waals surface area contributed by atoms with Gasteiger partial charge in [0, 0.05) is 24.5 Å². The van der Waals surface area contributed by atoms with Crippen molar-refractivity contribution in [3.05, 3.63) is 82.7 Å². The molecule has 1 aromatic heterocycles. The summed E-state index contributed by atoms with van der Waals surface area (Å²) < 4.78 is 21.8. The van der Waals surface area contributed by atoms with Gasteiger partial charge in [0.05, 0.1) is 40.1 Å². The molecular formula is C28H28N2O7. The fourth-order valence-corrected chi connectivity index (χ4v) is 4.52. The van der Waals surface area contributed by atoms with Crippen LogP contribution < -0.4 is 18.9 Å². The number of hydrogen-bond donors (Lipinski definition) is 1. The van der Waals surface area contributed by atoms with Gasteiger partial charge in [0.1, 0.15) is 11.5 Å². The lowest BCUT2D eigenvalue weighted by molar-refractivity contribution is -0.140. The van der Waals surface area contributed by atoms with Crippen molar-refractivity contribution < 1.29 is 33.6 Å². The number of nitrogens with zero attached hydrogens (tertiary/aromatic N) is 2. The second kappa shape index (κ2) is 10.6. The van der Waals surface area contributed by atoms with Crippen LogP contribution in [-0.4, -0.2) is 55.1 Å². The Morgan fingerprint density at radius 1 is 0.946 bits per heavy atom. The minimum Gasteiger partial charge on any atom is -0.507 e. The highest BCUT2D eigenvalue weighted by molar-refractivity contribution is 6.46. The van der Waals surface area contributed by atoms with Crippen LogP contribution >= 0.6 is 0 Å². The minimum atomic E-state index is -0.934. The van der Waals surface area contributed by atoms with Crippen molar-refractivity contribution in [1.29, 1.82) is 0 Å². The van der Waals surface area contributed by atoms with Gasteiger partial charge in [-0.15, -0.1) is 0 Å². The van der Waals surface area contributed by atoms with Gasteiger partial charge in [0.2, 0.25) is 5.75 Å². The number of carbonyl (C=O) groups is 2. The Balaban J connectivity index is 1.95. The quantitative estimate of drug-likeness (QED) is 0.278. The molecule has 4 rings (SSSR count). The second-order valence-corrected chi connectivity index (χ2v) is 8.43. The minimum absolute atomic E-state index is 0.0484. The topological polar surface area (TPSA) is 107 Å². The monoisotopic (exact) mass is 504 g/mol. The van der Waals surface area contributed by atoms with Crippen LogP contribution in [0.2, 0.25) is 0 Å². The van der Waals surface area contributed by atoms with E-state index in [1.54, 1.807) is 55.9 Å². The number of benzene rings is 2. The molecule has 2 heterocycles. The van der Waals surface area contributed by atoms with Crippen molar-refractivity contribution in [3.8, 4) is 23.0 Å². The summed E-state index contributed by atoms with van der Waals surface area (Å²) in [5.74, 6) is -0.133. The van der Waals surface area contributed by atoms with Crippen molar-refractivity contribution in [2.75, 3.05) is 28.4 Å². The number of Topliss-reactive ketones (excluding diaryl/α,β-unsaturated/α-hetero) is 1. The molecule has 3 aromatic rings. The van der Waals surface area contributed by atoms with Crippen molar-refractivity contribution in [2.45, 2.75) is 19.5 Å². The Hall–Kier alpha value is -4.53. The number of amides is 1. The summed E-state index contributed by atoms with van der Waals surface area (Å²) in [6, 6.07) is 11.0. The van der Waals surface area contributed by atoms with E-state index in [1.165, 1.54) is 26.2 Å². The number of hydrogen-bond acceptors (Lipinski definition) is 8. The summed E-state index contributed by atoms with van der Waals surface area (Å²) in [7, 11) is 6.00. The first kappa shape index (κ1) is 25.6. The van der Waals surface area contributed by atoms with Gasteiger partial charge in [-0.2, -0.15) is 0 Å². The lowest BCUT2D eigenvalue weighted by Gasteiger charge is -2.26. The molecule has 1 atom stereocenters. The standard InChI is InChI=1S/C28H28N2O7/c1-16-11-18(8-9-20(16)34-2)25(31)23-24(19-12-21(35-3)27(37-5)22(13-19)36-4)30(28(33)26(23)32)15-17-7-6-10-29-14-17/h6-14,24,31H,15H2,1-5H3/t24-/m1/s1. The summed E-state index contributed by atoms with van der Waals surface area (Å²) >= 11 is 0. The van der Waals surface area contributed by atoms with Crippen LogP contribution in [0.4, 0.5) is 0 Å². The number of aliphatic hydroxyl groups is 1. The average molecular weight is 505 g/mol. The number of aryl methyl sites for hydroxylation is 1. The van der Waals surface area contributed by atoms with E-state index >= 15 is 0 Å². The number of aromatic nitrogens is 1. The van der Waals surface area contributed by atoms with Crippen molar-refractivity contribution in [2.24, 2.45) is 0 Å². The van der Waals surface area contributed by atoms with Gasteiger partial charge < -0.3 is 29.0 Å². The largest absolute Gasteiger partial charge is 0.507 e. The Kier molecular flexibility index (Phi) is 7.33. The number of aliphatic hydroxyl groups excluding tert-OH is 1. The highest BCUT2D eigenvalue weighted by Gasteiger charge is 2.46. The number of methoxy groups -OCH3 is 4. The fraction of sp³-hybridized carbons (Fsp3) is 0.250. The first-order valence-electron chi connectivity index (χ1n) is 11.5. The Morgan fingerprint density at radius 3 is 2.16 bits per heavy atom. The Bertz CT molecular complexity index is 1340. The summed E-state index contributed by atoms with van der Waals surface area (Å²) in [6.45, 7) is 1.92. The van der Waals surface area contributed by atoms with Gasteiger partial charge in [-0.3, -0.25) is 14.6 Å². The van der Waals surface area contributed by atoms with E-state index in [0.29, 0.717) is 34.1 Å². The normalized spacial score (nSPS) is 16.6. The molecule has 1 aliphatic heterocycles. The van der Waals surface area contributed by atoms with Gasteiger partial charge in [-0.25, -0.2) is 0 Å². The molecule has 0 spiro atoms. The van der Waals surface area contributed by atoms with E-state index in [-0.39, 0.29) is 17.9 Å². The fourth-order valence-electron chi connectivity index (χ4n) is 4.52. The zero-order valence-electron chi connectivity index (χ0n) is 21.3. The molecule has 2 aromatic carbocycles. The number of pyridine rings is 1. The highest BCUT2D eigenvalue weighted by atomic mass is 16.5. The molecule has 1 amide bonds. The van der Waals surface area contributed by atoms with Crippen LogP contribution in [0.1, 0.15) is 28.3 Å². The number of ketones is 1. The number of ether oxygens (including phenoxy) is 4. The molecule has 9 nitrogen and oxygen atoms in total. The van der Waals surface area contributed by atoms with Crippen LogP contribution in [0.5, 0.6) is 23.0 Å². The number of likely N-dealkylation sites (tertiary alicyclic amines) is 1. The molecule has 0 aliphatic carbocycles. The zero-order chi connectivity index (χ0) is 26.7. The summed E-state index contributed by atoms with van der Waals surface area (Å²) in [6.07, 6.45) is 3.25. The van der Waals surface area contributed by atoms with E-state index in [0.717, 1.165) is 11.1 Å². The molecule has 1 aliphatic rings. The van der Waals surface area contributed by atoms with Gasteiger partial charge in [-0.05, 0) is 60.0 Å². The molecule has 0 bridgehead atoms. The summed E-state index contributed by atoms with van der Waals surface area (Å²) in [5, 5.41) is 11.4. The molecule has 1 N–H and O–H groups in total. The second-order valence-electron chi connectivity index (χ2n) is 8.43. The predicted octanol–water partition coefficient (Wildman–Crippen LogP) is 4.05. The maximum absolute atomic E-state index is 13.4. The molecule has 1 fully saturated rings. The highest BCUT2D eigenvalue weighted by Crippen LogP contribution is 2.46. The molecule has 37 heavy (non-hydrogen) atoms. The molecule has 1 saturated heterocycles. The molecular weight excluding hydrogens is 476 g/mol. The molecule has 0 radical (unpaired) electrons. The third-order valence-corrected chi connectivity index (χ3v) is 6.29. The van der Waals surface area contributed by atoms with Gasteiger partial charge >= 0.3 is 0 Å². The van der Waals surface area contributed by atoms with Crippen molar-refractivity contribution in [1.82, 2.24) is 9.88 Å². The lowest BCUT2D eigenvalue weighted by Crippen LogP contribution is -2.29. The zero-order valence-corrected chi connectivity index (χ0v) is 21.3. The van der Waals surface area contributed by atoms with Crippen molar-refractivity contribution in [3.63, 3.8) is 0 Å². The number of rotatable bonds is 8.